The van der Waals surface area contributed by atoms with Crippen molar-refractivity contribution in [3.8, 4) is 17.6 Å². The minimum Gasteiger partial charge on any atom is -0.504 e. The number of hydrogen-bond acceptors (Lipinski definition) is 5. The summed E-state index contributed by atoms with van der Waals surface area (Å²) in [6.45, 7) is 0. The molecular weight excluding hydrogens is 465 g/mol. The summed E-state index contributed by atoms with van der Waals surface area (Å²) in [6.07, 6.45) is 1.23. The van der Waals surface area contributed by atoms with Crippen LogP contribution in [0.2, 0.25) is 5.02 Å². The van der Waals surface area contributed by atoms with Gasteiger partial charge in [-0.15, -0.1) is 0 Å². The van der Waals surface area contributed by atoms with Crippen molar-refractivity contribution < 1.29 is 18.3 Å². The minimum atomic E-state index is -3.97. The van der Waals surface area contributed by atoms with Gasteiger partial charge in [0.25, 0.3) is 0 Å². The maximum atomic E-state index is 12.6. The molecule has 8 heteroatoms. The van der Waals surface area contributed by atoms with Gasteiger partial charge in [-0.05, 0) is 70.6 Å². The van der Waals surface area contributed by atoms with Crippen molar-refractivity contribution in [3.05, 3.63) is 55.5 Å². The van der Waals surface area contributed by atoms with Crippen LogP contribution in [-0.4, -0.2) is 20.6 Å². The minimum absolute atomic E-state index is 0.0276. The van der Waals surface area contributed by atoms with Crippen molar-refractivity contribution in [2.75, 3.05) is 7.11 Å². The fourth-order valence-corrected chi connectivity index (χ4v) is 3.81. The summed E-state index contributed by atoms with van der Waals surface area (Å²) in [5, 5.41) is 19.5. The molecule has 124 valence electrons. The lowest BCUT2D eigenvalue weighted by atomic mass is 10.2. The van der Waals surface area contributed by atoms with Crippen LogP contribution < -0.4 is 4.74 Å². The predicted molar refractivity (Wildman–Crippen MR) is 99.6 cm³/mol. The number of benzene rings is 2. The van der Waals surface area contributed by atoms with E-state index in [1.54, 1.807) is 12.1 Å². The number of methoxy groups -OCH3 is 1. The van der Waals surface area contributed by atoms with Crippen molar-refractivity contribution in [1.29, 1.82) is 5.26 Å². The van der Waals surface area contributed by atoms with E-state index in [0.29, 0.717) is 14.2 Å². The molecule has 0 aliphatic rings. The highest BCUT2D eigenvalue weighted by Crippen LogP contribution is 2.33. The Morgan fingerprint density at radius 2 is 1.96 bits per heavy atom. The van der Waals surface area contributed by atoms with E-state index in [1.165, 1.54) is 43.5 Å². The van der Waals surface area contributed by atoms with Gasteiger partial charge in [-0.2, -0.15) is 5.26 Å². The number of phenolic OH excluding ortho intramolecular Hbond substituents is 1. The molecule has 0 spiro atoms. The quantitative estimate of drug-likeness (QED) is 0.533. The monoisotopic (exact) mass is 475 g/mol. The summed E-state index contributed by atoms with van der Waals surface area (Å²) in [7, 11) is -2.59. The number of nitrogens with zero attached hydrogens (tertiary/aromatic N) is 1. The van der Waals surface area contributed by atoms with Gasteiger partial charge in [0.15, 0.2) is 11.5 Å². The highest BCUT2D eigenvalue weighted by Gasteiger charge is 2.21. The van der Waals surface area contributed by atoms with Crippen LogP contribution in [0.3, 0.4) is 0 Å². The predicted octanol–water partition coefficient (Wildman–Crippen LogP) is 4.00. The lowest BCUT2D eigenvalue weighted by molar-refractivity contribution is 0.371. The second kappa shape index (κ2) is 7.42. The molecular formula is C16H11ClINO4S. The van der Waals surface area contributed by atoms with Crippen LogP contribution in [0.4, 0.5) is 0 Å². The standard InChI is InChI=1S/C16H11ClINO4S/c1-23-15-8-10(7-14(18)16(15)20)6-13(9-19)24(21,22)12-4-2-11(17)3-5-12/h2-8,20H,1H3/b13-6+. The highest BCUT2D eigenvalue weighted by molar-refractivity contribution is 14.1. The van der Waals surface area contributed by atoms with E-state index in [2.05, 4.69) is 0 Å². The Labute approximate surface area is 158 Å². The third-order valence-corrected chi connectivity index (χ3v) is 5.85. The Bertz CT molecular complexity index is 947. The molecule has 0 fully saturated rings. The summed E-state index contributed by atoms with van der Waals surface area (Å²) in [5.41, 5.74) is 0.420. The maximum Gasteiger partial charge on any atom is 0.216 e. The first-order valence-corrected chi connectivity index (χ1v) is 9.42. The summed E-state index contributed by atoms with van der Waals surface area (Å²) in [5.74, 6) is 0.142. The van der Waals surface area contributed by atoms with Crippen LogP contribution in [0.1, 0.15) is 5.56 Å². The Morgan fingerprint density at radius 3 is 2.50 bits per heavy atom. The molecule has 0 aliphatic heterocycles. The van der Waals surface area contributed by atoms with Crippen LogP contribution in [-0.2, 0) is 9.84 Å². The Morgan fingerprint density at radius 1 is 1.33 bits per heavy atom. The maximum absolute atomic E-state index is 12.6. The molecule has 0 saturated heterocycles. The number of allylic oxidation sites excluding steroid dienone is 1. The number of sulfone groups is 1. The number of hydrogen-bond donors (Lipinski definition) is 1. The molecule has 0 saturated carbocycles. The number of aromatic hydroxyl groups is 1. The van der Waals surface area contributed by atoms with Crippen LogP contribution in [0.25, 0.3) is 6.08 Å². The van der Waals surface area contributed by atoms with E-state index in [1.807, 2.05) is 22.6 Å². The molecule has 0 aliphatic carbocycles. The van der Waals surface area contributed by atoms with E-state index in [-0.39, 0.29) is 16.4 Å². The first-order valence-electron chi connectivity index (χ1n) is 6.48. The third-order valence-electron chi connectivity index (χ3n) is 3.09. The zero-order valence-corrected chi connectivity index (χ0v) is 16.1. The van der Waals surface area contributed by atoms with Crippen molar-refractivity contribution in [2.45, 2.75) is 4.90 Å². The second-order valence-electron chi connectivity index (χ2n) is 4.63. The van der Waals surface area contributed by atoms with Gasteiger partial charge >= 0.3 is 0 Å². The second-order valence-corrected chi connectivity index (χ2v) is 8.15. The normalized spacial score (nSPS) is 11.8. The van der Waals surface area contributed by atoms with Gasteiger partial charge in [0.1, 0.15) is 11.0 Å². The molecule has 1 N–H and O–H groups in total. The highest BCUT2D eigenvalue weighted by atomic mass is 127. The fourth-order valence-electron chi connectivity index (χ4n) is 1.89. The summed E-state index contributed by atoms with van der Waals surface area (Å²) in [4.78, 5) is -0.450. The van der Waals surface area contributed by atoms with E-state index in [0.717, 1.165) is 0 Å². The van der Waals surface area contributed by atoms with Gasteiger partial charge in [-0.1, -0.05) is 11.6 Å². The van der Waals surface area contributed by atoms with Crippen LogP contribution in [0.15, 0.2) is 46.2 Å². The smallest absolute Gasteiger partial charge is 0.216 e. The average Bonchev–Trinajstić information content (AvgIpc) is 2.55. The first-order chi connectivity index (χ1) is 11.3. The van der Waals surface area contributed by atoms with Gasteiger partial charge in [-0.3, -0.25) is 0 Å². The number of rotatable bonds is 4. The fraction of sp³-hybridized carbons (Fsp3) is 0.0625. The molecule has 0 atom stereocenters. The van der Waals surface area contributed by atoms with E-state index < -0.39 is 14.7 Å². The molecule has 0 unspecified atom stereocenters. The lowest BCUT2D eigenvalue weighted by Crippen LogP contribution is -2.03. The van der Waals surface area contributed by atoms with Crippen molar-refractivity contribution in [3.63, 3.8) is 0 Å². The largest absolute Gasteiger partial charge is 0.504 e. The zero-order chi connectivity index (χ0) is 17.9. The van der Waals surface area contributed by atoms with Gasteiger partial charge < -0.3 is 9.84 Å². The third kappa shape index (κ3) is 3.83. The zero-order valence-electron chi connectivity index (χ0n) is 12.3. The molecule has 2 aromatic rings. The van der Waals surface area contributed by atoms with Gasteiger partial charge in [0.2, 0.25) is 9.84 Å². The molecule has 0 amide bonds. The Balaban J connectivity index is 2.56. The summed E-state index contributed by atoms with van der Waals surface area (Å²) < 4.78 is 30.6. The molecule has 0 aromatic heterocycles. The van der Waals surface area contributed by atoms with Gasteiger partial charge in [-0.25, -0.2) is 8.42 Å². The number of phenols is 1. The lowest BCUT2D eigenvalue weighted by Gasteiger charge is -2.08. The SMILES string of the molecule is COc1cc(/C=C(\C#N)S(=O)(=O)c2ccc(Cl)cc2)cc(I)c1O. The average molecular weight is 476 g/mol. The van der Waals surface area contributed by atoms with Crippen LogP contribution >= 0.6 is 34.2 Å². The number of halogens is 2. The van der Waals surface area contributed by atoms with E-state index >= 15 is 0 Å². The summed E-state index contributed by atoms with van der Waals surface area (Å²) in [6, 6.07) is 10.3. The molecule has 2 aromatic carbocycles. The van der Waals surface area contributed by atoms with Crippen molar-refractivity contribution in [1.82, 2.24) is 0 Å². The van der Waals surface area contributed by atoms with Gasteiger partial charge in [0.05, 0.1) is 15.6 Å². The van der Waals surface area contributed by atoms with Crippen molar-refractivity contribution >= 4 is 50.1 Å². The number of ether oxygens (including phenoxy) is 1. The van der Waals surface area contributed by atoms with Crippen LogP contribution in [0.5, 0.6) is 11.5 Å². The molecule has 0 radical (unpaired) electrons. The summed E-state index contributed by atoms with van der Waals surface area (Å²) >= 11 is 7.65. The Kier molecular flexibility index (Phi) is 5.74. The van der Waals surface area contributed by atoms with E-state index in [9.17, 15) is 18.8 Å². The molecule has 2 rings (SSSR count). The molecule has 0 bridgehead atoms. The molecule has 5 nitrogen and oxygen atoms in total. The van der Waals surface area contributed by atoms with Gasteiger partial charge in [0, 0.05) is 5.02 Å². The molecule has 24 heavy (non-hydrogen) atoms. The number of nitriles is 1. The van der Waals surface area contributed by atoms with Crippen molar-refractivity contribution in [2.24, 2.45) is 0 Å². The first kappa shape index (κ1) is 18.6. The van der Waals surface area contributed by atoms with E-state index in [4.69, 9.17) is 16.3 Å². The topological polar surface area (TPSA) is 87.4 Å². The Hall–Kier alpha value is -1.76. The molecule has 0 heterocycles. The van der Waals surface area contributed by atoms with Crippen LogP contribution in [0, 0.1) is 14.9 Å².